The van der Waals surface area contributed by atoms with Crippen LogP contribution in [-0.2, 0) is 22.1 Å². The van der Waals surface area contributed by atoms with Crippen molar-refractivity contribution < 1.29 is 22.7 Å². The second-order valence-corrected chi connectivity index (χ2v) is 6.07. The molecule has 138 valence electrons. The van der Waals surface area contributed by atoms with Crippen molar-refractivity contribution in [2.24, 2.45) is 0 Å². The van der Waals surface area contributed by atoms with Gasteiger partial charge in [-0.3, -0.25) is 4.79 Å². The van der Waals surface area contributed by atoms with Crippen LogP contribution in [0.5, 0.6) is 0 Å². The summed E-state index contributed by atoms with van der Waals surface area (Å²) in [5.41, 5.74) is 1.52. The molecule has 0 saturated carbocycles. The van der Waals surface area contributed by atoms with E-state index in [1.807, 2.05) is 24.3 Å². The zero-order valence-electron chi connectivity index (χ0n) is 14.1. The first kappa shape index (κ1) is 18.3. The van der Waals surface area contributed by atoms with Crippen molar-refractivity contribution in [3.63, 3.8) is 0 Å². The number of halogens is 3. The molecule has 0 spiro atoms. The number of carbonyl (C=O) groups excluding carboxylic acids is 1. The summed E-state index contributed by atoms with van der Waals surface area (Å²) in [4.78, 5) is 14.3. The Morgan fingerprint density at radius 3 is 2.19 bits per heavy atom. The molecule has 1 fully saturated rings. The molecule has 1 aliphatic rings. The summed E-state index contributed by atoms with van der Waals surface area (Å²) < 4.78 is 43.0. The van der Waals surface area contributed by atoms with E-state index >= 15 is 0 Å². The molecular weight excluding hydrogens is 345 g/mol. The van der Waals surface area contributed by atoms with Gasteiger partial charge in [0.1, 0.15) is 0 Å². The largest absolute Gasteiger partial charge is 0.416 e. The molecule has 0 unspecified atom stereocenters. The van der Waals surface area contributed by atoms with E-state index in [0.717, 1.165) is 30.9 Å². The lowest BCUT2D eigenvalue weighted by atomic mass is 10.1. The lowest BCUT2D eigenvalue weighted by Crippen LogP contribution is -2.36. The summed E-state index contributed by atoms with van der Waals surface area (Å²) >= 11 is 0. The highest BCUT2D eigenvalue weighted by molar-refractivity contribution is 5.92. The van der Waals surface area contributed by atoms with Crippen molar-refractivity contribution >= 4 is 17.3 Å². The Kier molecular flexibility index (Phi) is 5.46. The average molecular weight is 364 g/mol. The lowest BCUT2D eigenvalue weighted by molar-refractivity contribution is -0.137. The van der Waals surface area contributed by atoms with Crippen LogP contribution in [0.25, 0.3) is 0 Å². The van der Waals surface area contributed by atoms with Crippen molar-refractivity contribution in [2.45, 2.75) is 12.6 Å². The molecular formula is C19H19F3N2O2. The number of amides is 1. The molecule has 1 saturated heterocycles. The molecule has 0 aliphatic carbocycles. The fourth-order valence-corrected chi connectivity index (χ4v) is 2.78. The third kappa shape index (κ3) is 4.76. The van der Waals surface area contributed by atoms with E-state index in [-0.39, 0.29) is 12.3 Å². The number of ether oxygens (including phenoxy) is 1. The summed E-state index contributed by atoms with van der Waals surface area (Å²) in [6, 6.07) is 12.1. The molecule has 1 heterocycles. The highest BCUT2D eigenvalue weighted by Crippen LogP contribution is 2.29. The fraction of sp³-hybridized carbons (Fsp3) is 0.316. The number of rotatable bonds is 4. The van der Waals surface area contributed by atoms with Crippen LogP contribution >= 0.6 is 0 Å². The minimum Gasteiger partial charge on any atom is -0.378 e. The molecule has 3 rings (SSSR count). The van der Waals surface area contributed by atoms with Gasteiger partial charge in [-0.25, -0.2) is 0 Å². The van der Waals surface area contributed by atoms with E-state index in [0.29, 0.717) is 24.5 Å². The predicted octanol–water partition coefficient (Wildman–Crippen LogP) is 3.72. The normalized spacial score (nSPS) is 15.0. The number of nitrogens with one attached hydrogen (secondary N) is 1. The van der Waals surface area contributed by atoms with Gasteiger partial charge in [0.25, 0.3) is 0 Å². The molecule has 7 heteroatoms. The quantitative estimate of drug-likeness (QED) is 0.899. The minimum absolute atomic E-state index is 0.0172. The number of morpholine rings is 1. The second-order valence-electron chi connectivity index (χ2n) is 6.07. The molecule has 1 aliphatic heterocycles. The van der Waals surface area contributed by atoms with Gasteiger partial charge in [-0.05, 0) is 42.0 Å². The van der Waals surface area contributed by atoms with Gasteiger partial charge in [0.15, 0.2) is 0 Å². The van der Waals surface area contributed by atoms with Crippen LogP contribution in [0.3, 0.4) is 0 Å². The monoisotopic (exact) mass is 364 g/mol. The van der Waals surface area contributed by atoms with Crippen LogP contribution in [0.2, 0.25) is 0 Å². The van der Waals surface area contributed by atoms with Crippen LogP contribution in [0.1, 0.15) is 11.1 Å². The Balaban J connectivity index is 1.56. The third-order valence-electron chi connectivity index (χ3n) is 4.17. The number of nitrogens with zero attached hydrogens (tertiary/aromatic N) is 1. The van der Waals surface area contributed by atoms with Crippen LogP contribution in [-0.4, -0.2) is 32.2 Å². The summed E-state index contributed by atoms with van der Waals surface area (Å²) in [5, 5.41) is 2.76. The van der Waals surface area contributed by atoms with Gasteiger partial charge in [-0.2, -0.15) is 13.2 Å². The fourth-order valence-electron chi connectivity index (χ4n) is 2.78. The average Bonchev–Trinajstić information content (AvgIpc) is 2.63. The second kappa shape index (κ2) is 7.78. The van der Waals surface area contributed by atoms with Gasteiger partial charge in [0, 0.05) is 24.5 Å². The molecule has 0 radical (unpaired) electrons. The molecule has 0 atom stereocenters. The minimum atomic E-state index is -4.37. The highest BCUT2D eigenvalue weighted by Gasteiger charge is 2.29. The molecule has 1 N–H and O–H groups in total. The maximum absolute atomic E-state index is 12.5. The molecule has 0 bridgehead atoms. The maximum Gasteiger partial charge on any atom is 0.416 e. The molecule has 2 aromatic carbocycles. The zero-order valence-corrected chi connectivity index (χ0v) is 14.1. The van der Waals surface area contributed by atoms with Crippen molar-refractivity contribution in [2.75, 3.05) is 36.5 Å². The van der Waals surface area contributed by atoms with Gasteiger partial charge in [0.2, 0.25) is 5.91 Å². The van der Waals surface area contributed by atoms with E-state index < -0.39 is 11.7 Å². The van der Waals surface area contributed by atoms with Crippen LogP contribution in [0.4, 0.5) is 24.5 Å². The summed E-state index contributed by atoms with van der Waals surface area (Å²) in [5.74, 6) is -0.274. The van der Waals surface area contributed by atoms with E-state index in [2.05, 4.69) is 10.2 Å². The summed E-state index contributed by atoms with van der Waals surface area (Å²) in [7, 11) is 0. The van der Waals surface area contributed by atoms with Crippen LogP contribution in [0.15, 0.2) is 48.5 Å². The first-order valence-corrected chi connectivity index (χ1v) is 8.30. The Bertz CT molecular complexity index is 737. The molecule has 1 amide bonds. The first-order valence-electron chi connectivity index (χ1n) is 8.30. The van der Waals surface area contributed by atoms with Crippen LogP contribution in [0, 0.1) is 0 Å². The van der Waals surface area contributed by atoms with E-state index in [1.165, 1.54) is 12.1 Å². The Morgan fingerprint density at radius 1 is 1.00 bits per heavy atom. The number of hydrogen-bond acceptors (Lipinski definition) is 3. The summed E-state index contributed by atoms with van der Waals surface area (Å²) in [6.45, 7) is 3.07. The molecule has 0 aromatic heterocycles. The lowest BCUT2D eigenvalue weighted by Gasteiger charge is -2.28. The van der Waals surface area contributed by atoms with Crippen molar-refractivity contribution in [1.82, 2.24) is 0 Å². The summed E-state index contributed by atoms with van der Waals surface area (Å²) in [6.07, 6.45) is -4.35. The topological polar surface area (TPSA) is 41.6 Å². The predicted molar refractivity (Wildman–Crippen MR) is 93.3 cm³/mol. The van der Waals surface area contributed by atoms with Crippen molar-refractivity contribution in [3.05, 3.63) is 59.7 Å². The van der Waals surface area contributed by atoms with Crippen molar-refractivity contribution in [1.29, 1.82) is 0 Å². The van der Waals surface area contributed by atoms with Gasteiger partial charge < -0.3 is 15.0 Å². The van der Waals surface area contributed by atoms with Gasteiger partial charge >= 0.3 is 6.18 Å². The van der Waals surface area contributed by atoms with Gasteiger partial charge in [0.05, 0.1) is 25.2 Å². The third-order valence-corrected chi connectivity index (χ3v) is 4.17. The molecule has 26 heavy (non-hydrogen) atoms. The first-order chi connectivity index (χ1) is 12.4. The maximum atomic E-state index is 12.5. The van der Waals surface area contributed by atoms with Crippen molar-refractivity contribution in [3.8, 4) is 0 Å². The zero-order chi connectivity index (χ0) is 18.6. The SMILES string of the molecule is O=C(Cc1ccc(C(F)(F)F)cc1)Nc1ccc(N2CCOCC2)cc1. The number of benzene rings is 2. The highest BCUT2D eigenvalue weighted by atomic mass is 19.4. The number of alkyl halides is 3. The van der Waals surface area contributed by atoms with Gasteiger partial charge in [-0.15, -0.1) is 0 Å². The number of hydrogen-bond donors (Lipinski definition) is 1. The smallest absolute Gasteiger partial charge is 0.378 e. The Labute approximate surface area is 149 Å². The van der Waals surface area contributed by atoms with Crippen LogP contribution < -0.4 is 10.2 Å². The molecule has 2 aromatic rings. The van der Waals surface area contributed by atoms with E-state index in [1.54, 1.807) is 0 Å². The number of anilines is 2. The Morgan fingerprint density at radius 2 is 1.62 bits per heavy atom. The molecule has 4 nitrogen and oxygen atoms in total. The standard InChI is InChI=1S/C19H19F3N2O2/c20-19(21,22)15-3-1-14(2-4-15)13-18(25)23-16-5-7-17(8-6-16)24-9-11-26-12-10-24/h1-8H,9-13H2,(H,23,25). The van der Waals surface area contributed by atoms with E-state index in [4.69, 9.17) is 4.74 Å². The Hall–Kier alpha value is -2.54. The van der Waals surface area contributed by atoms with Gasteiger partial charge in [-0.1, -0.05) is 12.1 Å². The number of carbonyl (C=O) groups is 1. The van der Waals surface area contributed by atoms with E-state index in [9.17, 15) is 18.0 Å².